The summed E-state index contributed by atoms with van der Waals surface area (Å²) in [5, 5.41) is 8.21. The van der Waals surface area contributed by atoms with Crippen molar-refractivity contribution in [2.45, 2.75) is 27.2 Å². The van der Waals surface area contributed by atoms with Gasteiger partial charge in [0, 0.05) is 5.92 Å². The number of carbonyl (C=O) groups is 1. The number of carboxylic acids is 1. The van der Waals surface area contributed by atoms with Crippen LogP contribution in [0.1, 0.15) is 27.2 Å². The summed E-state index contributed by atoms with van der Waals surface area (Å²) < 4.78 is 0. The van der Waals surface area contributed by atoms with Gasteiger partial charge in [0.15, 0.2) is 0 Å². The molecule has 66 valence electrons. The van der Waals surface area contributed by atoms with Crippen molar-refractivity contribution in [2.75, 3.05) is 0 Å². The van der Waals surface area contributed by atoms with E-state index in [0.29, 0.717) is 5.92 Å². The molecule has 2 nitrogen and oxygen atoms in total. The summed E-state index contributed by atoms with van der Waals surface area (Å²) in [6.07, 6.45) is 2.63. The monoisotopic (exact) mass is 166 g/mol. The molecule has 0 saturated heterocycles. The van der Waals surface area contributed by atoms with E-state index in [1.807, 2.05) is 12.8 Å². The van der Waals surface area contributed by atoms with Gasteiger partial charge < -0.3 is 5.11 Å². The van der Waals surface area contributed by atoms with Crippen molar-refractivity contribution >= 4 is 5.97 Å². The summed E-state index contributed by atoms with van der Waals surface area (Å²) in [7, 11) is 0. The first kappa shape index (κ1) is 10.8. The fraction of sp³-hybridized carbons (Fsp3) is 0.500. The van der Waals surface area contributed by atoms with Gasteiger partial charge in [-0.1, -0.05) is 25.3 Å². The Bertz CT molecular complexity index is 238. The Kier molecular flexibility index (Phi) is 4.87. The van der Waals surface area contributed by atoms with Crippen LogP contribution in [0.4, 0.5) is 0 Å². The summed E-state index contributed by atoms with van der Waals surface area (Å²) in [6, 6.07) is 0. The van der Waals surface area contributed by atoms with Gasteiger partial charge in [-0.2, -0.15) is 0 Å². The summed E-state index contributed by atoms with van der Waals surface area (Å²) in [5.74, 6) is 4.03. The Labute approximate surface area is 73.3 Å². The van der Waals surface area contributed by atoms with Crippen LogP contribution < -0.4 is 0 Å². The Morgan fingerprint density at radius 3 is 2.58 bits per heavy atom. The van der Waals surface area contributed by atoms with Crippen LogP contribution in [0.25, 0.3) is 0 Å². The molecule has 0 fully saturated rings. The molecule has 0 saturated carbocycles. The largest absolute Gasteiger partial charge is 0.472 e. The van der Waals surface area contributed by atoms with E-state index in [4.69, 9.17) is 5.11 Å². The van der Waals surface area contributed by atoms with E-state index in [0.717, 1.165) is 12.0 Å². The molecular weight excluding hydrogens is 152 g/mol. The van der Waals surface area contributed by atoms with E-state index in [-0.39, 0.29) is 0 Å². The molecule has 12 heavy (non-hydrogen) atoms. The number of allylic oxidation sites excluding steroid dienone is 2. The second-order valence-corrected chi connectivity index (χ2v) is 3.16. The minimum absolute atomic E-state index is 0.591. The van der Waals surface area contributed by atoms with Gasteiger partial charge in [0.25, 0.3) is 0 Å². The zero-order valence-electron chi connectivity index (χ0n) is 7.72. The molecular formula is C10H14O2. The van der Waals surface area contributed by atoms with E-state index in [1.165, 1.54) is 0 Å². The third-order valence-electron chi connectivity index (χ3n) is 1.23. The van der Waals surface area contributed by atoms with Crippen LogP contribution in [0.2, 0.25) is 0 Å². The van der Waals surface area contributed by atoms with Crippen molar-refractivity contribution < 1.29 is 9.90 Å². The van der Waals surface area contributed by atoms with Crippen LogP contribution in [0, 0.1) is 17.8 Å². The molecule has 0 aromatic carbocycles. The minimum Gasteiger partial charge on any atom is -0.472 e. The van der Waals surface area contributed by atoms with Gasteiger partial charge in [-0.25, -0.2) is 4.79 Å². The minimum atomic E-state index is -1.08. The third-order valence-corrected chi connectivity index (χ3v) is 1.23. The molecule has 0 aromatic heterocycles. The number of hydrogen-bond acceptors (Lipinski definition) is 1. The molecule has 0 aliphatic rings. The van der Waals surface area contributed by atoms with Gasteiger partial charge in [-0.3, -0.25) is 0 Å². The number of hydrogen-bond donors (Lipinski definition) is 1. The van der Waals surface area contributed by atoms with Gasteiger partial charge in [0.2, 0.25) is 0 Å². The lowest BCUT2D eigenvalue weighted by Gasteiger charge is -2.01. The molecule has 0 rings (SSSR count). The maximum atomic E-state index is 10.0. The molecule has 0 aliphatic carbocycles. The van der Waals surface area contributed by atoms with Crippen LogP contribution >= 0.6 is 0 Å². The van der Waals surface area contributed by atoms with Gasteiger partial charge in [-0.15, -0.1) is 0 Å². The predicted octanol–water partition coefficient (Wildman–Crippen LogP) is 2.07. The Morgan fingerprint density at radius 1 is 1.58 bits per heavy atom. The number of aliphatic carboxylic acids is 1. The first-order chi connectivity index (χ1) is 5.52. The van der Waals surface area contributed by atoms with E-state index >= 15 is 0 Å². The highest BCUT2D eigenvalue weighted by molar-refractivity contribution is 5.86. The molecule has 1 N–H and O–H groups in total. The quantitative estimate of drug-likeness (QED) is 0.637. The third kappa shape index (κ3) is 6.88. The summed E-state index contributed by atoms with van der Waals surface area (Å²) in [5.41, 5.74) is 1.12. The van der Waals surface area contributed by atoms with Crippen molar-refractivity contribution in [1.82, 2.24) is 0 Å². The molecule has 0 atom stereocenters. The highest BCUT2D eigenvalue weighted by Gasteiger charge is 1.93. The molecule has 0 amide bonds. The molecule has 2 heteroatoms. The smallest absolute Gasteiger partial charge is 0.382 e. The summed E-state index contributed by atoms with van der Waals surface area (Å²) in [6.45, 7) is 6.18. The molecule has 0 unspecified atom stereocenters. The second kappa shape index (κ2) is 5.42. The zero-order valence-corrected chi connectivity index (χ0v) is 7.72. The first-order valence-electron chi connectivity index (χ1n) is 3.92. The predicted molar refractivity (Wildman–Crippen MR) is 48.6 cm³/mol. The maximum absolute atomic E-state index is 10.0. The molecule has 0 aliphatic heterocycles. The van der Waals surface area contributed by atoms with E-state index in [2.05, 4.69) is 19.8 Å². The van der Waals surface area contributed by atoms with Crippen LogP contribution in [0.15, 0.2) is 11.6 Å². The van der Waals surface area contributed by atoms with Crippen molar-refractivity contribution in [2.24, 2.45) is 5.92 Å². The van der Waals surface area contributed by atoms with Crippen LogP contribution in [-0.2, 0) is 4.79 Å². The van der Waals surface area contributed by atoms with Crippen molar-refractivity contribution in [3.63, 3.8) is 0 Å². The topological polar surface area (TPSA) is 37.3 Å². The maximum Gasteiger partial charge on any atom is 0.382 e. The number of rotatable bonds is 2. The Hall–Kier alpha value is -1.23. The van der Waals surface area contributed by atoms with Crippen LogP contribution in [-0.4, -0.2) is 11.1 Å². The average molecular weight is 166 g/mol. The van der Waals surface area contributed by atoms with Crippen molar-refractivity contribution in [3.05, 3.63) is 11.6 Å². The van der Waals surface area contributed by atoms with Crippen LogP contribution in [0.3, 0.4) is 0 Å². The molecule has 0 radical (unpaired) electrons. The SMILES string of the molecule is C/C(=C\C#CC(=O)O)CC(C)C. The fourth-order valence-corrected chi connectivity index (χ4v) is 0.924. The second-order valence-electron chi connectivity index (χ2n) is 3.16. The first-order valence-corrected chi connectivity index (χ1v) is 3.92. The van der Waals surface area contributed by atoms with E-state index < -0.39 is 5.97 Å². The normalized spacial score (nSPS) is 10.8. The Morgan fingerprint density at radius 2 is 2.17 bits per heavy atom. The average Bonchev–Trinajstić information content (AvgIpc) is 1.84. The van der Waals surface area contributed by atoms with Gasteiger partial charge >= 0.3 is 5.97 Å². The lowest BCUT2D eigenvalue weighted by Crippen LogP contribution is -1.88. The van der Waals surface area contributed by atoms with Gasteiger partial charge in [-0.05, 0) is 25.3 Å². The zero-order chi connectivity index (χ0) is 9.56. The highest BCUT2D eigenvalue weighted by atomic mass is 16.4. The van der Waals surface area contributed by atoms with Gasteiger partial charge in [0.05, 0.1) is 0 Å². The molecule has 0 spiro atoms. The summed E-state index contributed by atoms with van der Waals surface area (Å²) in [4.78, 5) is 10.0. The lowest BCUT2D eigenvalue weighted by atomic mass is 10.0. The highest BCUT2D eigenvalue weighted by Crippen LogP contribution is 2.08. The molecule has 0 heterocycles. The molecule has 0 aromatic rings. The fourth-order valence-electron chi connectivity index (χ4n) is 0.924. The van der Waals surface area contributed by atoms with Crippen molar-refractivity contribution in [1.29, 1.82) is 0 Å². The lowest BCUT2D eigenvalue weighted by molar-refractivity contribution is -0.130. The summed E-state index contributed by atoms with van der Waals surface area (Å²) >= 11 is 0. The molecule has 0 bridgehead atoms. The standard InChI is InChI=1S/C10H14O2/c1-8(2)7-9(3)5-4-6-10(11)12/h5,8H,7H2,1-3H3,(H,11,12)/b9-5+. The van der Waals surface area contributed by atoms with E-state index in [1.54, 1.807) is 6.08 Å². The van der Waals surface area contributed by atoms with Crippen LogP contribution in [0.5, 0.6) is 0 Å². The number of carboxylic acid groups (broad SMARTS) is 1. The van der Waals surface area contributed by atoms with Gasteiger partial charge in [0.1, 0.15) is 0 Å². The van der Waals surface area contributed by atoms with Crippen molar-refractivity contribution in [3.8, 4) is 11.8 Å². The Balaban J connectivity index is 4.03. The van der Waals surface area contributed by atoms with E-state index in [9.17, 15) is 4.79 Å².